The molecule has 0 saturated carbocycles. The molecule has 2 unspecified atom stereocenters. The van der Waals surface area contributed by atoms with Gasteiger partial charge in [0.1, 0.15) is 5.25 Å². The van der Waals surface area contributed by atoms with Crippen molar-refractivity contribution in [1.29, 1.82) is 0 Å². The highest BCUT2D eigenvalue weighted by atomic mass is 32.2. The Morgan fingerprint density at radius 2 is 2.00 bits per heavy atom. The molecule has 0 spiro atoms. The SMILES string of the molecule is O=C(O)C1SC1c1ccccc1. The fourth-order valence-electron chi connectivity index (χ4n) is 1.20. The molecule has 0 bridgehead atoms. The van der Waals surface area contributed by atoms with E-state index in [4.69, 9.17) is 5.11 Å². The monoisotopic (exact) mass is 180 g/mol. The number of aliphatic carboxylic acids is 1. The van der Waals surface area contributed by atoms with Crippen LogP contribution >= 0.6 is 11.8 Å². The lowest BCUT2D eigenvalue weighted by Gasteiger charge is -1.93. The van der Waals surface area contributed by atoms with Gasteiger partial charge in [0, 0.05) is 0 Å². The first kappa shape index (κ1) is 7.68. The predicted octanol–water partition coefficient (Wildman–Crippen LogP) is 1.93. The topological polar surface area (TPSA) is 37.3 Å². The third-order valence-electron chi connectivity index (χ3n) is 1.86. The minimum Gasteiger partial charge on any atom is -0.480 e. The lowest BCUT2D eigenvalue weighted by Crippen LogP contribution is -2.03. The molecule has 1 aliphatic heterocycles. The zero-order valence-electron chi connectivity index (χ0n) is 6.31. The molecule has 1 aromatic carbocycles. The molecular weight excluding hydrogens is 172 g/mol. The van der Waals surface area contributed by atoms with Gasteiger partial charge in [0.25, 0.3) is 0 Å². The van der Waals surface area contributed by atoms with Gasteiger partial charge in [-0.1, -0.05) is 30.3 Å². The Balaban J connectivity index is 2.11. The molecule has 62 valence electrons. The van der Waals surface area contributed by atoms with Gasteiger partial charge in [-0.2, -0.15) is 0 Å². The van der Waals surface area contributed by atoms with Crippen molar-refractivity contribution >= 4 is 17.7 Å². The molecule has 2 atom stereocenters. The van der Waals surface area contributed by atoms with Crippen LogP contribution in [-0.4, -0.2) is 16.3 Å². The maximum Gasteiger partial charge on any atom is 0.318 e. The van der Waals surface area contributed by atoms with Gasteiger partial charge in [-0.3, -0.25) is 4.79 Å². The summed E-state index contributed by atoms with van der Waals surface area (Å²) >= 11 is 1.50. The maximum atomic E-state index is 10.5. The fourth-order valence-corrected chi connectivity index (χ4v) is 2.13. The first-order chi connectivity index (χ1) is 5.79. The average molecular weight is 180 g/mol. The average Bonchev–Trinajstić information content (AvgIpc) is 2.84. The number of carboxylic acids is 1. The molecule has 2 nitrogen and oxygen atoms in total. The summed E-state index contributed by atoms with van der Waals surface area (Å²) in [7, 11) is 0. The number of carboxylic acid groups (broad SMARTS) is 1. The van der Waals surface area contributed by atoms with Crippen LogP contribution in [0.3, 0.4) is 0 Å². The van der Waals surface area contributed by atoms with E-state index in [1.54, 1.807) is 0 Å². The van der Waals surface area contributed by atoms with Gasteiger partial charge in [0.2, 0.25) is 0 Å². The van der Waals surface area contributed by atoms with Gasteiger partial charge in [-0.25, -0.2) is 0 Å². The number of thioether (sulfide) groups is 1. The fraction of sp³-hybridized carbons (Fsp3) is 0.222. The molecule has 3 heteroatoms. The summed E-state index contributed by atoms with van der Waals surface area (Å²) < 4.78 is 0. The third kappa shape index (κ3) is 1.32. The van der Waals surface area contributed by atoms with Crippen molar-refractivity contribution < 1.29 is 9.90 Å². The largest absolute Gasteiger partial charge is 0.480 e. The van der Waals surface area contributed by atoms with Crippen molar-refractivity contribution in [3.8, 4) is 0 Å². The first-order valence-electron chi connectivity index (χ1n) is 3.72. The lowest BCUT2D eigenvalue weighted by molar-refractivity contribution is -0.135. The number of hydrogen-bond donors (Lipinski definition) is 1. The van der Waals surface area contributed by atoms with E-state index in [2.05, 4.69) is 0 Å². The molecule has 0 amide bonds. The van der Waals surface area contributed by atoms with Crippen molar-refractivity contribution in [2.75, 3.05) is 0 Å². The maximum absolute atomic E-state index is 10.5. The smallest absolute Gasteiger partial charge is 0.318 e. The van der Waals surface area contributed by atoms with Crippen LogP contribution in [0.15, 0.2) is 30.3 Å². The van der Waals surface area contributed by atoms with E-state index in [-0.39, 0.29) is 10.5 Å². The van der Waals surface area contributed by atoms with Gasteiger partial charge >= 0.3 is 5.97 Å². The zero-order valence-corrected chi connectivity index (χ0v) is 7.12. The second-order valence-electron chi connectivity index (χ2n) is 2.73. The molecule has 1 saturated heterocycles. The Labute approximate surface area is 74.6 Å². The molecule has 2 rings (SSSR count). The van der Waals surface area contributed by atoms with Crippen molar-refractivity contribution in [2.24, 2.45) is 0 Å². The normalized spacial score (nSPS) is 26.7. The van der Waals surface area contributed by atoms with Crippen LogP contribution in [0.25, 0.3) is 0 Å². The van der Waals surface area contributed by atoms with Gasteiger partial charge in [0.15, 0.2) is 0 Å². The molecule has 1 N–H and O–H groups in total. The van der Waals surface area contributed by atoms with Gasteiger partial charge in [-0.05, 0) is 5.56 Å². The highest BCUT2D eigenvalue weighted by Gasteiger charge is 2.45. The molecule has 1 aromatic rings. The van der Waals surface area contributed by atoms with E-state index in [1.165, 1.54) is 11.8 Å². The third-order valence-corrected chi connectivity index (χ3v) is 3.15. The van der Waals surface area contributed by atoms with E-state index < -0.39 is 5.97 Å². The summed E-state index contributed by atoms with van der Waals surface area (Å²) in [6, 6.07) is 9.76. The van der Waals surface area contributed by atoms with Crippen LogP contribution in [0.2, 0.25) is 0 Å². The summed E-state index contributed by atoms with van der Waals surface area (Å²) in [6.07, 6.45) is 0. The Kier molecular flexibility index (Phi) is 1.81. The molecule has 1 fully saturated rings. The Morgan fingerprint density at radius 1 is 1.33 bits per heavy atom. The molecule has 12 heavy (non-hydrogen) atoms. The summed E-state index contributed by atoms with van der Waals surface area (Å²) in [5.74, 6) is -0.700. The van der Waals surface area contributed by atoms with E-state index in [0.29, 0.717) is 0 Å². The second kappa shape index (κ2) is 2.83. The minimum absolute atomic E-state index is 0.184. The Hall–Kier alpha value is -0.960. The lowest BCUT2D eigenvalue weighted by atomic mass is 10.1. The molecule has 0 aliphatic carbocycles. The first-order valence-corrected chi connectivity index (χ1v) is 4.66. The summed E-state index contributed by atoms with van der Waals surface area (Å²) in [5.41, 5.74) is 1.12. The summed E-state index contributed by atoms with van der Waals surface area (Å²) in [4.78, 5) is 10.5. The predicted molar refractivity (Wildman–Crippen MR) is 48.2 cm³/mol. The molecule has 1 heterocycles. The van der Waals surface area contributed by atoms with Gasteiger partial charge in [-0.15, -0.1) is 11.8 Å². The molecule has 0 radical (unpaired) electrons. The summed E-state index contributed by atoms with van der Waals surface area (Å²) in [5, 5.41) is 8.63. The van der Waals surface area contributed by atoms with Crippen LogP contribution in [0, 0.1) is 0 Å². The quantitative estimate of drug-likeness (QED) is 0.706. The van der Waals surface area contributed by atoms with Crippen molar-refractivity contribution in [3.05, 3.63) is 35.9 Å². The zero-order chi connectivity index (χ0) is 8.55. The van der Waals surface area contributed by atoms with Crippen LogP contribution in [0.4, 0.5) is 0 Å². The van der Waals surface area contributed by atoms with Gasteiger partial charge < -0.3 is 5.11 Å². The highest BCUT2D eigenvalue weighted by Crippen LogP contribution is 2.54. The Morgan fingerprint density at radius 3 is 2.50 bits per heavy atom. The number of hydrogen-bond acceptors (Lipinski definition) is 2. The summed E-state index contributed by atoms with van der Waals surface area (Å²) in [6.45, 7) is 0. The van der Waals surface area contributed by atoms with Crippen molar-refractivity contribution in [1.82, 2.24) is 0 Å². The second-order valence-corrected chi connectivity index (χ2v) is 4.01. The van der Waals surface area contributed by atoms with Crippen LogP contribution < -0.4 is 0 Å². The molecular formula is C9H8O2S. The minimum atomic E-state index is -0.700. The van der Waals surface area contributed by atoms with E-state index >= 15 is 0 Å². The van der Waals surface area contributed by atoms with Crippen LogP contribution in [0.5, 0.6) is 0 Å². The van der Waals surface area contributed by atoms with E-state index in [1.807, 2.05) is 30.3 Å². The van der Waals surface area contributed by atoms with Crippen LogP contribution in [-0.2, 0) is 4.79 Å². The number of rotatable bonds is 2. The van der Waals surface area contributed by atoms with Crippen molar-refractivity contribution in [2.45, 2.75) is 10.5 Å². The standard InChI is InChI=1S/C9H8O2S/c10-9(11)8-7(12-8)6-4-2-1-3-5-6/h1-5,7-8H,(H,10,11). The van der Waals surface area contributed by atoms with Crippen LogP contribution in [0.1, 0.15) is 10.8 Å². The highest BCUT2D eigenvalue weighted by molar-refractivity contribution is 8.08. The van der Waals surface area contributed by atoms with E-state index in [0.717, 1.165) is 5.56 Å². The van der Waals surface area contributed by atoms with Gasteiger partial charge in [0.05, 0.1) is 5.25 Å². The Bertz CT molecular complexity index is 297. The van der Waals surface area contributed by atoms with Crippen molar-refractivity contribution in [3.63, 3.8) is 0 Å². The molecule has 0 aromatic heterocycles. The number of carbonyl (C=O) groups is 1. The van der Waals surface area contributed by atoms with E-state index in [9.17, 15) is 4.79 Å². The molecule has 1 aliphatic rings. The number of benzene rings is 1.